The molecule has 4 nitrogen and oxygen atoms in total. The Morgan fingerprint density at radius 3 is 1.00 bits per heavy atom. The summed E-state index contributed by atoms with van der Waals surface area (Å²) in [7, 11) is 0. The standard InChI is InChI=1S/2C2H5N2.Zn/c2*1-2(3)4;/h2*1H3,(H2-,3,4);/q2*-1;+2. The molecule has 0 aromatic rings. The van der Waals surface area contributed by atoms with Gasteiger partial charge < -0.3 is 22.3 Å². The van der Waals surface area contributed by atoms with Crippen LogP contribution < -0.4 is 0 Å². The van der Waals surface area contributed by atoms with Crippen molar-refractivity contribution in [3.8, 4) is 0 Å². The largest absolute Gasteiger partial charge is 2.00 e. The van der Waals surface area contributed by atoms with E-state index in [0.717, 1.165) is 0 Å². The first-order valence-corrected chi connectivity index (χ1v) is 2.00. The summed E-state index contributed by atoms with van der Waals surface area (Å²) in [6.07, 6.45) is 0. The molecule has 0 aliphatic heterocycles. The number of hydrogen-bond donors (Lipinski definition) is 2. The van der Waals surface area contributed by atoms with E-state index < -0.39 is 0 Å². The molecule has 0 atom stereocenters. The Morgan fingerprint density at radius 2 is 1.00 bits per heavy atom. The number of amidine groups is 2. The monoisotopic (exact) mass is 178 g/mol. The predicted molar refractivity (Wildman–Crippen MR) is 35.4 cm³/mol. The molecule has 0 saturated heterocycles. The van der Waals surface area contributed by atoms with E-state index >= 15 is 0 Å². The summed E-state index contributed by atoms with van der Waals surface area (Å²) in [5.41, 5.74) is 12.3. The van der Waals surface area contributed by atoms with Gasteiger partial charge in [0.15, 0.2) is 0 Å². The Labute approximate surface area is 67.8 Å². The fraction of sp³-hybridized carbons (Fsp3) is 0.500. The van der Waals surface area contributed by atoms with Gasteiger partial charge in [0.2, 0.25) is 0 Å². The van der Waals surface area contributed by atoms with Crippen LogP contribution in [0.4, 0.5) is 0 Å². The van der Waals surface area contributed by atoms with Crippen LogP contribution in [0.5, 0.6) is 0 Å². The van der Waals surface area contributed by atoms with E-state index in [4.69, 9.17) is 22.3 Å². The summed E-state index contributed by atoms with van der Waals surface area (Å²) in [5, 5.41) is 12.3. The van der Waals surface area contributed by atoms with Crippen molar-refractivity contribution in [1.82, 2.24) is 0 Å². The van der Waals surface area contributed by atoms with Crippen LogP contribution in [0.15, 0.2) is 0 Å². The predicted octanol–water partition coefficient (Wildman–Crippen LogP) is 2.07. The molecule has 0 aliphatic carbocycles. The second kappa shape index (κ2) is 10.5. The van der Waals surface area contributed by atoms with Crippen LogP contribution in [0.1, 0.15) is 13.8 Å². The second-order valence-electron chi connectivity index (χ2n) is 1.25. The Balaban J connectivity index is -0.0000000720. The summed E-state index contributed by atoms with van der Waals surface area (Å²) in [6, 6.07) is 0. The van der Waals surface area contributed by atoms with E-state index in [1.54, 1.807) is 0 Å². The van der Waals surface area contributed by atoms with Crippen LogP contribution in [-0.4, -0.2) is 11.7 Å². The summed E-state index contributed by atoms with van der Waals surface area (Å²) < 4.78 is 0. The Bertz CT molecular complexity index is 70.6. The molecular formula is C4H10N4Zn. The van der Waals surface area contributed by atoms with E-state index in [2.05, 4.69) is 0 Å². The molecule has 0 spiro atoms. The van der Waals surface area contributed by atoms with Crippen LogP contribution in [-0.2, 0) is 19.5 Å². The molecule has 0 fully saturated rings. The Morgan fingerprint density at radius 1 is 1.00 bits per heavy atom. The van der Waals surface area contributed by atoms with Crippen molar-refractivity contribution in [2.75, 3.05) is 0 Å². The molecule has 0 bridgehead atoms. The molecule has 9 heavy (non-hydrogen) atoms. The van der Waals surface area contributed by atoms with E-state index in [1.807, 2.05) is 0 Å². The molecule has 0 radical (unpaired) electrons. The normalized spacial score (nSPS) is 5.56. The molecule has 4 N–H and O–H groups in total. The van der Waals surface area contributed by atoms with Gasteiger partial charge in [-0.15, -0.1) is 0 Å². The average molecular weight is 180 g/mol. The maximum absolute atomic E-state index is 6.17. The van der Waals surface area contributed by atoms with E-state index in [9.17, 15) is 0 Å². The van der Waals surface area contributed by atoms with Gasteiger partial charge in [0.05, 0.1) is 0 Å². The summed E-state index contributed by atoms with van der Waals surface area (Å²) in [4.78, 5) is 0. The third kappa shape index (κ3) is 1230. The van der Waals surface area contributed by atoms with Gasteiger partial charge in [0.25, 0.3) is 0 Å². The number of rotatable bonds is 0. The molecule has 0 heterocycles. The molecule has 0 aromatic carbocycles. The van der Waals surface area contributed by atoms with Crippen LogP contribution in [0.3, 0.4) is 0 Å². The molecule has 5 heteroatoms. The first-order chi connectivity index (χ1) is 3.46. The second-order valence-corrected chi connectivity index (χ2v) is 1.25. The third-order valence-electron chi connectivity index (χ3n) is 0. The van der Waals surface area contributed by atoms with Crippen molar-refractivity contribution in [2.24, 2.45) is 0 Å². The zero-order valence-corrected chi connectivity index (χ0v) is 8.67. The van der Waals surface area contributed by atoms with Crippen molar-refractivity contribution in [2.45, 2.75) is 13.8 Å². The fourth-order valence-electron chi connectivity index (χ4n) is 0. The van der Waals surface area contributed by atoms with Crippen molar-refractivity contribution < 1.29 is 19.5 Å². The van der Waals surface area contributed by atoms with Crippen molar-refractivity contribution in [3.63, 3.8) is 0 Å². The third-order valence-corrected chi connectivity index (χ3v) is 0. The van der Waals surface area contributed by atoms with Gasteiger partial charge in [-0.3, -0.25) is 0 Å². The van der Waals surface area contributed by atoms with E-state index in [-0.39, 0.29) is 31.1 Å². The SMILES string of the molecule is CC(=N)[NH-].CC(=N)[NH-].[Zn+2]. The van der Waals surface area contributed by atoms with Gasteiger partial charge in [0, 0.05) is 0 Å². The van der Waals surface area contributed by atoms with Crippen LogP contribution in [0, 0.1) is 10.8 Å². The average Bonchev–Trinajstić information content (AvgIpc) is 1.25. The summed E-state index contributed by atoms with van der Waals surface area (Å²) >= 11 is 0. The molecular weight excluding hydrogens is 169 g/mol. The van der Waals surface area contributed by atoms with E-state index in [1.165, 1.54) is 13.8 Å². The van der Waals surface area contributed by atoms with Crippen molar-refractivity contribution in [1.29, 1.82) is 10.8 Å². The Hall–Kier alpha value is -0.437. The van der Waals surface area contributed by atoms with Gasteiger partial charge in [-0.2, -0.15) is 0 Å². The zero-order valence-electron chi connectivity index (χ0n) is 5.71. The minimum Gasteiger partial charge on any atom is -0.486 e. The van der Waals surface area contributed by atoms with Crippen molar-refractivity contribution >= 4 is 11.7 Å². The molecule has 0 aromatic heterocycles. The smallest absolute Gasteiger partial charge is 0.486 e. The maximum Gasteiger partial charge on any atom is 2.00 e. The van der Waals surface area contributed by atoms with Crippen LogP contribution in [0.25, 0.3) is 11.5 Å². The molecule has 48 valence electrons. The molecule has 0 aliphatic rings. The topological polar surface area (TPSA) is 95.3 Å². The summed E-state index contributed by atoms with van der Waals surface area (Å²) in [5.74, 6) is -0.167. The number of nitrogens with one attached hydrogen (secondary N) is 4. The first kappa shape index (κ1) is 15.8. The van der Waals surface area contributed by atoms with Crippen molar-refractivity contribution in [3.05, 3.63) is 11.5 Å². The van der Waals surface area contributed by atoms with Gasteiger partial charge in [-0.25, -0.2) is 0 Å². The zero-order chi connectivity index (χ0) is 7.15. The fourth-order valence-corrected chi connectivity index (χ4v) is 0. The molecule has 0 amide bonds. The molecule has 0 unspecified atom stereocenters. The van der Waals surface area contributed by atoms with Crippen LogP contribution in [0.2, 0.25) is 0 Å². The number of hydrogen-bond acceptors (Lipinski definition) is 2. The van der Waals surface area contributed by atoms with E-state index in [0.29, 0.717) is 0 Å². The van der Waals surface area contributed by atoms with Gasteiger partial charge in [-0.05, 0) is 13.8 Å². The van der Waals surface area contributed by atoms with Gasteiger partial charge in [0.1, 0.15) is 0 Å². The molecule has 0 saturated carbocycles. The quantitative estimate of drug-likeness (QED) is 0.324. The van der Waals surface area contributed by atoms with Crippen LogP contribution >= 0.6 is 0 Å². The molecule has 0 rings (SSSR count). The minimum absolute atomic E-state index is 0. The maximum atomic E-state index is 6.17. The first-order valence-electron chi connectivity index (χ1n) is 2.00. The minimum atomic E-state index is -0.0833. The Kier molecular flexibility index (Phi) is 18.5. The summed E-state index contributed by atoms with van der Waals surface area (Å²) in [6.45, 7) is 2.83. The van der Waals surface area contributed by atoms with Gasteiger partial charge >= 0.3 is 19.5 Å². The van der Waals surface area contributed by atoms with Gasteiger partial charge in [-0.1, -0.05) is 11.7 Å².